The van der Waals surface area contributed by atoms with Crippen molar-refractivity contribution < 1.29 is 9.59 Å². The van der Waals surface area contributed by atoms with Gasteiger partial charge < -0.3 is 16.8 Å². The zero-order valence-corrected chi connectivity index (χ0v) is 12.9. The first kappa shape index (κ1) is 15.9. The Morgan fingerprint density at radius 3 is 2.55 bits per heavy atom. The van der Waals surface area contributed by atoms with E-state index < -0.39 is 5.91 Å². The summed E-state index contributed by atoms with van der Waals surface area (Å²) in [6, 6.07) is 7.10. The molecule has 8 heteroatoms. The van der Waals surface area contributed by atoms with Crippen LogP contribution in [0.3, 0.4) is 0 Å². The van der Waals surface area contributed by atoms with Crippen molar-refractivity contribution in [3.63, 3.8) is 0 Å². The van der Waals surface area contributed by atoms with E-state index in [1.54, 1.807) is 12.1 Å². The summed E-state index contributed by atoms with van der Waals surface area (Å²) in [5, 5.41) is 12.0. The minimum atomic E-state index is -0.461. The fourth-order valence-corrected chi connectivity index (χ4v) is 2.87. The Balaban J connectivity index is 2.18. The number of primary amides is 1. The number of carbonyl (C=O) groups is 2. The smallest absolute Gasteiger partial charge is 0.224 e. The molecule has 7 nitrogen and oxygen atoms in total. The molecule has 0 fully saturated rings. The summed E-state index contributed by atoms with van der Waals surface area (Å²) in [5.74, 6) is -0.621. The van der Waals surface area contributed by atoms with E-state index in [1.807, 2.05) is 12.1 Å². The number of nitrogens with one attached hydrogen (secondary N) is 1. The Labute approximate surface area is 131 Å². The molecule has 2 amide bonds. The third kappa shape index (κ3) is 4.52. The minimum absolute atomic E-state index is 0.0479. The molecule has 0 bridgehead atoms. The predicted molar refractivity (Wildman–Crippen MR) is 83.9 cm³/mol. The SMILES string of the molecule is CC(=O)NC(Cc1ccc(N)cc1)c1nnc(CC(N)=O)s1. The molecule has 1 atom stereocenters. The summed E-state index contributed by atoms with van der Waals surface area (Å²) < 4.78 is 0. The highest BCUT2D eigenvalue weighted by Gasteiger charge is 2.19. The average Bonchev–Trinajstić information content (AvgIpc) is 2.87. The standard InChI is InChI=1S/C14H17N5O2S/c1-8(20)17-11(6-9-2-4-10(15)5-3-9)14-19-18-13(22-14)7-12(16)21/h2-5,11H,6-7,15H2,1H3,(H2,16,21)(H,17,20). The molecule has 0 spiro atoms. The number of carbonyl (C=O) groups excluding carboxylic acids is 2. The lowest BCUT2D eigenvalue weighted by Gasteiger charge is -2.15. The Hall–Kier alpha value is -2.48. The first-order chi connectivity index (χ1) is 10.4. The molecule has 1 aromatic carbocycles. The van der Waals surface area contributed by atoms with Crippen LogP contribution in [-0.2, 0) is 22.4 Å². The molecule has 0 saturated carbocycles. The number of benzene rings is 1. The molecule has 2 aromatic rings. The Kier molecular flexibility index (Phi) is 5.05. The van der Waals surface area contributed by atoms with Crippen LogP contribution in [0.5, 0.6) is 0 Å². The molecular formula is C14H17N5O2S. The summed E-state index contributed by atoms with van der Waals surface area (Å²) in [6.07, 6.45) is 0.609. The minimum Gasteiger partial charge on any atom is -0.399 e. The maximum Gasteiger partial charge on any atom is 0.224 e. The molecule has 0 saturated heterocycles. The van der Waals surface area contributed by atoms with Crippen molar-refractivity contribution in [3.8, 4) is 0 Å². The third-order valence-electron chi connectivity index (χ3n) is 2.90. The van der Waals surface area contributed by atoms with Gasteiger partial charge in [0.1, 0.15) is 10.0 Å². The molecule has 1 heterocycles. The van der Waals surface area contributed by atoms with E-state index in [9.17, 15) is 9.59 Å². The van der Waals surface area contributed by atoms with Gasteiger partial charge in [-0.1, -0.05) is 23.5 Å². The normalized spacial score (nSPS) is 11.9. The van der Waals surface area contributed by atoms with Crippen LogP contribution in [-0.4, -0.2) is 22.0 Å². The molecule has 1 aromatic heterocycles. The van der Waals surface area contributed by atoms with E-state index in [2.05, 4.69) is 15.5 Å². The lowest BCUT2D eigenvalue weighted by molar-refractivity contribution is -0.120. The first-order valence-corrected chi connectivity index (χ1v) is 7.48. The van der Waals surface area contributed by atoms with Crippen molar-refractivity contribution in [3.05, 3.63) is 39.8 Å². The highest BCUT2D eigenvalue weighted by Crippen LogP contribution is 2.23. The number of nitrogens with zero attached hydrogens (tertiary/aromatic N) is 2. The van der Waals surface area contributed by atoms with Gasteiger partial charge in [0.05, 0.1) is 12.5 Å². The van der Waals surface area contributed by atoms with Gasteiger partial charge in [-0.3, -0.25) is 9.59 Å². The number of nitrogens with two attached hydrogens (primary N) is 2. The van der Waals surface area contributed by atoms with E-state index >= 15 is 0 Å². The lowest BCUT2D eigenvalue weighted by atomic mass is 10.1. The van der Waals surface area contributed by atoms with Gasteiger partial charge >= 0.3 is 0 Å². The molecule has 116 valence electrons. The number of nitrogen functional groups attached to an aromatic ring is 1. The molecule has 0 aliphatic carbocycles. The van der Waals surface area contributed by atoms with Crippen molar-refractivity contribution in [1.29, 1.82) is 0 Å². The fraction of sp³-hybridized carbons (Fsp3) is 0.286. The van der Waals surface area contributed by atoms with E-state index in [-0.39, 0.29) is 18.4 Å². The first-order valence-electron chi connectivity index (χ1n) is 6.66. The van der Waals surface area contributed by atoms with Crippen LogP contribution in [0.15, 0.2) is 24.3 Å². The molecule has 0 aliphatic rings. The van der Waals surface area contributed by atoms with Crippen LogP contribution in [0.2, 0.25) is 0 Å². The van der Waals surface area contributed by atoms with Crippen LogP contribution in [0, 0.1) is 0 Å². The highest BCUT2D eigenvalue weighted by atomic mass is 32.1. The van der Waals surface area contributed by atoms with Gasteiger partial charge in [-0.15, -0.1) is 10.2 Å². The molecular weight excluding hydrogens is 302 g/mol. The van der Waals surface area contributed by atoms with Gasteiger partial charge in [0.15, 0.2) is 0 Å². The lowest BCUT2D eigenvalue weighted by Crippen LogP contribution is -2.27. The second kappa shape index (κ2) is 6.99. The molecule has 0 aliphatic heterocycles. The fourth-order valence-electron chi connectivity index (χ4n) is 1.96. The Morgan fingerprint density at radius 1 is 1.27 bits per heavy atom. The van der Waals surface area contributed by atoms with Gasteiger partial charge in [-0.25, -0.2) is 0 Å². The third-order valence-corrected chi connectivity index (χ3v) is 3.94. The zero-order valence-electron chi connectivity index (χ0n) is 12.1. The Bertz CT molecular complexity index is 668. The van der Waals surface area contributed by atoms with Crippen LogP contribution >= 0.6 is 11.3 Å². The van der Waals surface area contributed by atoms with Gasteiger partial charge in [-0.05, 0) is 24.1 Å². The summed E-state index contributed by atoms with van der Waals surface area (Å²) in [7, 11) is 0. The van der Waals surface area contributed by atoms with Crippen molar-refractivity contribution >= 4 is 28.8 Å². The highest BCUT2D eigenvalue weighted by molar-refractivity contribution is 7.11. The topological polar surface area (TPSA) is 124 Å². The van der Waals surface area contributed by atoms with E-state index in [1.165, 1.54) is 18.3 Å². The number of amides is 2. The number of aromatic nitrogens is 2. The maximum atomic E-state index is 11.4. The monoisotopic (exact) mass is 319 g/mol. The molecule has 1 unspecified atom stereocenters. The summed E-state index contributed by atoms with van der Waals surface area (Å²) >= 11 is 1.27. The summed E-state index contributed by atoms with van der Waals surface area (Å²) in [5.41, 5.74) is 12.5. The van der Waals surface area contributed by atoms with E-state index in [4.69, 9.17) is 11.5 Å². The largest absolute Gasteiger partial charge is 0.399 e. The van der Waals surface area contributed by atoms with Crippen molar-refractivity contribution in [2.24, 2.45) is 5.73 Å². The van der Waals surface area contributed by atoms with E-state index in [0.717, 1.165) is 5.56 Å². The summed E-state index contributed by atoms with van der Waals surface area (Å²) in [4.78, 5) is 22.3. The van der Waals surface area contributed by atoms with Crippen molar-refractivity contribution in [1.82, 2.24) is 15.5 Å². The van der Waals surface area contributed by atoms with Gasteiger partial charge in [0, 0.05) is 12.6 Å². The van der Waals surface area contributed by atoms with Gasteiger partial charge in [-0.2, -0.15) is 0 Å². The van der Waals surface area contributed by atoms with Crippen LogP contribution in [0.25, 0.3) is 0 Å². The molecule has 5 N–H and O–H groups in total. The van der Waals surface area contributed by atoms with Crippen LogP contribution in [0.1, 0.15) is 28.5 Å². The second-order valence-corrected chi connectivity index (χ2v) is 5.97. The zero-order chi connectivity index (χ0) is 16.1. The molecule has 2 rings (SSSR count). The number of anilines is 1. The van der Waals surface area contributed by atoms with Crippen LogP contribution < -0.4 is 16.8 Å². The van der Waals surface area contributed by atoms with E-state index in [0.29, 0.717) is 22.1 Å². The summed E-state index contributed by atoms with van der Waals surface area (Å²) in [6.45, 7) is 1.45. The Morgan fingerprint density at radius 2 is 1.95 bits per heavy atom. The maximum absolute atomic E-state index is 11.4. The second-order valence-electron chi connectivity index (χ2n) is 4.88. The predicted octanol–water partition coefficient (Wildman–Crippen LogP) is 0.568. The molecule has 0 radical (unpaired) electrons. The number of hydrogen-bond acceptors (Lipinski definition) is 6. The van der Waals surface area contributed by atoms with Gasteiger partial charge in [0.25, 0.3) is 0 Å². The number of rotatable bonds is 6. The number of hydrogen-bond donors (Lipinski definition) is 3. The molecule has 22 heavy (non-hydrogen) atoms. The van der Waals surface area contributed by atoms with Crippen molar-refractivity contribution in [2.75, 3.05) is 5.73 Å². The van der Waals surface area contributed by atoms with Gasteiger partial charge in [0.2, 0.25) is 11.8 Å². The average molecular weight is 319 g/mol. The van der Waals surface area contributed by atoms with Crippen LogP contribution in [0.4, 0.5) is 5.69 Å². The van der Waals surface area contributed by atoms with Crippen molar-refractivity contribution in [2.45, 2.75) is 25.8 Å². The quantitative estimate of drug-likeness (QED) is 0.671.